The molecular weight excluding hydrogens is 290 g/mol. The number of hydrogen-bond donors (Lipinski definition) is 3. The van der Waals surface area contributed by atoms with Crippen LogP contribution < -0.4 is 9.30 Å². The Labute approximate surface area is 127 Å². The molecule has 22 heavy (non-hydrogen) atoms. The monoisotopic (exact) mass is 308 g/mol. The van der Waals surface area contributed by atoms with E-state index in [9.17, 15) is 14.8 Å². The minimum Gasteiger partial charge on any atom is -0.497 e. The Morgan fingerprint density at radius 1 is 1.32 bits per heavy atom. The average molecular weight is 308 g/mol. The lowest BCUT2D eigenvalue weighted by Gasteiger charge is -2.21. The van der Waals surface area contributed by atoms with Gasteiger partial charge in [0.05, 0.1) is 7.11 Å². The van der Waals surface area contributed by atoms with Crippen molar-refractivity contribution in [2.45, 2.75) is 12.5 Å². The number of aromatic amines is 1. The third kappa shape index (κ3) is 3.12. The first-order chi connectivity index (χ1) is 10.5. The summed E-state index contributed by atoms with van der Waals surface area (Å²) in [6, 6.07) is 6.70. The Bertz CT molecular complexity index is 638. The zero-order chi connectivity index (χ0) is 16.8. The summed E-state index contributed by atoms with van der Waals surface area (Å²) >= 11 is 0. The van der Waals surface area contributed by atoms with E-state index in [0.29, 0.717) is 11.3 Å². The van der Waals surface area contributed by atoms with Gasteiger partial charge in [0, 0.05) is 17.9 Å². The molecule has 0 aliphatic rings. The summed E-state index contributed by atoms with van der Waals surface area (Å²) < 4.78 is 6.45. The van der Waals surface area contributed by atoms with Crippen molar-refractivity contribution in [1.82, 2.24) is 4.98 Å². The van der Waals surface area contributed by atoms with Crippen LogP contribution >= 0.6 is 0 Å². The summed E-state index contributed by atoms with van der Waals surface area (Å²) in [5, 5.41) is 19.3. The van der Waals surface area contributed by atoms with Gasteiger partial charge in [0.1, 0.15) is 5.75 Å². The Balaban J connectivity index is 0.00000116. The molecule has 0 bridgehead atoms. The van der Waals surface area contributed by atoms with Gasteiger partial charge in [-0.1, -0.05) is 12.1 Å². The van der Waals surface area contributed by atoms with Gasteiger partial charge >= 0.3 is 5.97 Å². The summed E-state index contributed by atoms with van der Waals surface area (Å²) in [7, 11) is 2.54. The smallest absolute Gasteiger partial charge is 0.357 e. The Morgan fingerprint density at radius 3 is 2.32 bits per heavy atom. The van der Waals surface area contributed by atoms with Crippen molar-refractivity contribution >= 4 is 11.8 Å². The Hall–Kier alpha value is -2.74. The fourth-order valence-corrected chi connectivity index (χ4v) is 1.95. The van der Waals surface area contributed by atoms with E-state index in [1.54, 1.807) is 31.2 Å². The fraction of sp³-hybridized carbons (Fsp3) is 0.286. The maximum absolute atomic E-state index is 11.7. The predicted octanol–water partition coefficient (Wildman–Crippen LogP) is 1.17. The number of nitrogens with zero attached hydrogens (tertiary/aromatic N) is 2. The second-order valence-corrected chi connectivity index (χ2v) is 4.39. The number of H-pyrrole nitrogens is 1. The van der Waals surface area contributed by atoms with Crippen molar-refractivity contribution < 1.29 is 24.3 Å². The SMILES string of the molecule is CO.COc1ccc(C(C)(C(=O)O)[n+]2c[nH]c(N=O)c2)cc1. The van der Waals surface area contributed by atoms with Gasteiger partial charge in [-0.2, -0.15) is 0 Å². The van der Waals surface area contributed by atoms with Crippen molar-refractivity contribution in [2.24, 2.45) is 5.18 Å². The highest BCUT2D eigenvalue weighted by Gasteiger charge is 2.42. The molecule has 0 fully saturated rings. The molecular formula is C14H18N3O5+. The second kappa shape index (κ2) is 7.32. The van der Waals surface area contributed by atoms with Gasteiger partial charge in [0.25, 0.3) is 5.82 Å². The molecule has 8 heteroatoms. The van der Waals surface area contributed by atoms with Crippen molar-refractivity contribution in [2.75, 3.05) is 14.2 Å². The molecule has 8 nitrogen and oxygen atoms in total. The molecule has 1 atom stereocenters. The van der Waals surface area contributed by atoms with E-state index in [1.807, 2.05) is 0 Å². The van der Waals surface area contributed by atoms with Crippen LogP contribution in [-0.4, -0.2) is 35.4 Å². The Morgan fingerprint density at radius 2 is 1.91 bits per heavy atom. The van der Waals surface area contributed by atoms with Gasteiger partial charge in [-0.25, -0.2) is 14.3 Å². The summed E-state index contributed by atoms with van der Waals surface area (Å²) in [5.41, 5.74) is -0.807. The number of hydrogen-bond acceptors (Lipinski definition) is 5. The maximum Gasteiger partial charge on any atom is 0.357 e. The van der Waals surface area contributed by atoms with E-state index in [0.717, 1.165) is 7.11 Å². The van der Waals surface area contributed by atoms with Crippen LogP contribution in [0, 0.1) is 4.91 Å². The van der Waals surface area contributed by atoms with Crippen molar-refractivity contribution in [1.29, 1.82) is 0 Å². The van der Waals surface area contributed by atoms with E-state index in [2.05, 4.69) is 10.2 Å². The van der Waals surface area contributed by atoms with Crippen LogP contribution in [0.25, 0.3) is 0 Å². The fourth-order valence-electron chi connectivity index (χ4n) is 1.95. The predicted molar refractivity (Wildman–Crippen MR) is 78.0 cm³/mol. The van der Waals surface area contributed by atoms with Crippen LogP contribution in [0.5, 0.6) is 5.75 Å². The van der Waals surface area contributed by atoms with E-state index >= 15 is 0 Å². The largest absolute Gasteiger partial charge is 0.497 e. The van der Waals surface area contributed by atoms with Crippen molar-refractivity contribution in [3.8, 4) is 5.75 Å². The summed E-state index contributed by atoms with van der Waals surface area (Å²) in [5.74, 6) is -0.356. The van der Waals surface area contributed by atoms with Crippen molar-refractivity contribution in [3.05, 3.63) is 47.3 Å². The lowest BCUT2D eigenvalue weighted by atomic mass is 9.92. The number of carboxylic acids is 1. The molecule has 0 saturated heterocycles. The molecule has 0 amide bonds. The van der Waals surface area contributed by atoms with Crippen LogP contribution in [-0.2, 0) is 10.3 Å². The number of imidazole rings is 1. The number of rotatable bonds is 5. The maximum atomic E-state index is 11.7. The molecule has 0 saturated carbocycles. The van der Waals surface area contributed by atoms with Crippen LogP contribution in [0.15, 0.2) is 42.0 Å². The minimum absolute atomic E-state index is 0.0611. The van der Waals surface area contributed by atoms with E-state index < -0.39 is 11.5 Å². The highest BCUT2D eigenvalue weighted by atomic mass is 16.5. The quantitative estimate of drug-likeness (QED) is 0.566. The second-order valence-electron chi connectivity index (χ2n) is 4.39. The minimum atomic E-state index is -1.36. The van der Waals surface area contributed by atoms with Gasteiger partial charge in [0.2, 0.25) is 11.9 Å². The first kappa shape index (κ1) is 17.3. The number of aromatic nitrogens is 2. The number of carboxylic acid groups (broad SMARTS) is 1. The Kier molecular flexibility index (Phi) is 5.76. The number of carbonyl (C=O) groups is 1. The van der Waals surface area contributed by atoms with Gasteiger partial charge in [0.15, 0.2) is 6.20 Å². The zero-order valence-electron chi connectivity index (χ0n) is 12.5. The standard InChI is InChI=1S/C13H13N3O4.CH4O/c1-13(12(17)18,16-7-11(15-19)14-8-16)9-3-5-10(20-2)6-4-9;1-2/h3-8H,1-2H3,(H,17,18);2H,1H3/p+1. The van der Waals surface area contributed by atoms with Gasteiger partial charge in [-0.3, -0.25) is 0 Å². The normalized spacial score (nSPS) is 12.5. The molecule has 0 aliphatic carbocycles. The third-order valence-corrected chi connectivity index (χ3v) is 3.30. The molecule has 1 unspecified atom stereocenters. The first-order valence-electron chi connectivity index (χ1n) is 6.28. The van der Waals surface area contributed by atoms with Crippen LogP contribution in [0.3, 0.4) is 0 Å². The average Bonchev–Trinajstić information content (AvgIpc) is 3.05. The molecule has 0 radical (unpaired) electrons. The van der Waals surface area contributed by atoms with E-state index in [4.69, 9.17) is 9.84 Å². The summed E-state index contributed by atoms with van der Waals surface area (Å²) in [6.45, 7) is 1.54. The molecule has 3 N–H and O–H groups in total. The van der Waals surface area contributed by atoms with Gasteiger partial charge in [-0.15, -0.1) is 4.91 Å². The van der Waals surface area contributed by atoms with Crippen molar-refractivity contribution in [3.63, 3.8) is 0 Å². The molecule has 118 valence electrons. The molecule has 1 heterocycles. The number of nitrogens with one attached hydrogen (secondary N) is 1. The van der Waals surface area contributed by atoms with Crippen LogP contribution in [0.2, 0.25) is 0 Å². The topological polar surface area (TPSA) is 116 Å². The third-order valence-electron chi connectivity index (χ3n) is 3.30. The van der Waals surface area contributed by atoms with Crippen LogP contribution in [0.4, 0.5) is 5.82 Å². The molecule has 1 aromatic carbocycles. The lowest BCUT2D eigenvalue weighted by Crippen LogP contribution is -2.58. The number of aliphatic hydroxyl groups excluding tert-OH is 1. The number of benzene rings is 1. The van der Waals surface area contributed by atoms with E-state index in [-0.39, 0.29) is 5.82 Å². The highest BCUT2D eigenvalue weighted by Crippen LogP contribution is 2.24. The summed E-state index contributed by atoms with van der Waals surface area (Å²) in [6.07, 6.45) is 2.75. The molecule has 0 aliphatic heterocycles. The van der Waals surface area contributed by atoms with E-state index in [1.165, 1.54) is 24.2 Å². The van der Waals surface area contributed by atoms with Gasteiger partial charge < -0.3 is 14.9 Å². The number of ether oxygens (including phenoxy) is 1. The lowest BCUT2D eigenvalue weighted by molar-refractivity contribution is -0.735. The number of methoxy groups -OCH3 is 1. The highest BCUT2D eigenvalue weighted by molar-refractivity contribution is 5.78. The molecule has 2 rings (SSSR count). The zero-order valence-corrected chi connectivity index (χ0v) is 12.5. The molecule has 0 spiro atoms. The summed E-state index contributed by atoms with van der Waals surface area (Å²) in [4.78, 5) is 24.8. The van der Waals surface area contributed by atoms with Gasteiger partial charge in [-0.05, 0) is 19.1 Å². The molecule has 2 aromatic rings. The first-order valence-corrected chi connectivity index (χ1v) is 6.28. The number of aliphatic hydroxyl groups is 1. The number of aliphatic carboxylic acids is 1. The number of nitroso groups, excluding NO2 is 1. The molecule has 1 aromatic heterocycles. The van der Waals surface area contributed by atoms with Crippen LogP contribution in [0.1, 0.15) is 12.5 Å².